The average Bonchev–Trinajstić information content (AvgIpc) is 3.41. The number of aromatic nitrogens is 3. The Hall–Kier alpha value is -2.01. The smallest absolute Gasteiger partial charge is 0.212 e. The molecular formula is C27H31Cl2N5OS3. The predicted octanol–water partition coefficient (Wildman–Crippen LogP) is 8.36. The Morgan fingerprint density at radius 1 is 1.11 bits per heavy atom. The van der Waals surface area contributed by atoms with Gasteiger partial charge in [0.15, 0.2) is 0 Å². The third-order valence-corrected chi connectivity index (χ3v) is 9.12. The molecule has 0 aliphatic heterocycles. The summed E-state index contributed by atoms with van der Waals surface area (Å²) >= 11 is 17.5. The number of anilines is 1. The van der Waals surface area contributed by atoms with E-state index in [-0.39, 0.29) is 0 Å². The monoisotopic (exact) mass is 607 g/mol. The molecule has 0 fully saturated rings. The molecule has 11 heteroatoms. The van der Waals surface area contributed by atoms with Gasteiger partial charge < -0.3 is 9.52 Å². The van der Waals surface area contributed by atoms with Crippen LogP contribution in [-0.2, 0) is 11.2 Å². The van der Waals surface area contributed by atoms with Crippen LogP contribution < -0.4 is 4.72 Å². The van der Waals surface area contributed by atoms with Gasteiger partial charge in [0.2, 0.25) is 5.13 Å². The largest absolute Gasteiger partial charge is 0.316 e. The molecule has 0 saturated carbocycles. The number of thioether (sulfide) groups is 1. The zero-order valence-corrected chi connectivity index (χ0v) is 26.2. The second-order valence-electron chi connectivity index (χ2n) is 8.83. The minimum absolute atomic E-state index is 0.417. The number of carbonyl (C=O) groups is 1. The maximum atomic E-state index is 8.00. The van der Waals surface area contributed by atoms with E-state index in [1.165, 1.54) is 11.1 Å². The first-order valence-electron chi connectivity index (χ1n) is 11.8. The lowest BCUT2D eigenvalue weighted by atomic mass is 10.0. The van der Waals surface area contributed by atoms with Crippen molar-refractivity contribution in [2.24, 2.45) is 0 Å². The van der Waals surface area contributed by atoms with E-state index in [4.69, 9.17) is 38.1 Å². The van der Waals surface area contributed by atoms with Crippen LogP contribution in [0, 0.1) is 13.8 Å². The number of nitrogens with one attached hydrogen (secondary N) is 1. The van der Waals surface area contributed by atoms with Crippen LogP contribution in [0.15, 0.2) is 46.7 Å². The Bertz CT molecular complexity index is 1390. The van der Waals surface area contributed by atoms with E-state index in [9.17, 15) is 0 Å². The lowest BCUT2D eigenvalue weighted by molar-refractivity contribution is -0.0979. The average molecular weight is 609 g/mol. The molecule has 1 N–H and O–H groups in total. The van der Waals surface area contributed by atoms with Gasteiger partial charge in [-0.05, 0) is 51.7 Å². The van der Waals surface area contributed by atoms with Crippen molar-refractivity contribution in [1.82, 2.24) is 19.1 Å². The van der Waals surface area contributed by atoms with Crippen LogP contribution in [0.25, 0.3) is 16.4 Å². The number of aryl methyl sites for hydroxylation is 1. The summed E-state index contributed by atoms with van der Waals surface area (Å²) in [7, 11) is 4.04. The lowest BCUT2D eigenvalue weighted by Crippen LogP contribution is -2.06. The van der Waals surface area contributed by atoms with Crippen LogP contribution in [0.4, 0.5) is 5.69 Å². The van der Waals surface area contributed by atoms with Crippen molar-refractivity contribution >= 4 is 70.9 Å². The SMILES string of the molecule is C=O.Cc1nn(-c2nc(-c3ccc(Cl)c(Cl)c3)c(SC(C)C)s2)c(C)c1Cc1ccccc1NSN(C)C. The summed E-state index contributed by atoms with van der Waals surface area (Å²) < 4.78 is 8.60. The molecule has 0 atom stereocenters. The Balaban J connectivity index is 0.00000195. The summed E-state index contributed by atoms with van der Waals surface area (Å²) in [5.41, 5.74) is 7.51. The summed E-state index contributed by atoms with van der Waals surface area (Å²) in [6, 6.07) is 14.1. The van der Waals surface area contributed by atoms with E-state index in [2.05, 4.69) is 56.7 Å². The van der Waals surface area contributed by atoms with Crippen molar-refractivity contribution in [3.63, 3.8) is 0 Å². The Morgan fingerprint density at radius 2 is 1.82 bits per heavy atom. The quantitative estimate of drug-likeness (QED) is 0.151. The summed E-state index contributed by atoms with van der Waals surface area (Å²) in [5.74, 6) is 0. The first-order chi connectivity index (χ1) is 18.1. The van der Waals surface area contributed by atoms with Gasteiger partial charge >= 0.3 is 0 Å². The van der Waals surface area contributed by atoms with Crippen molar-refractivity contribution in [2.45, 2.75) is 43.6 Å². The highest BCUT2D eigenvalue weighted by atomic mass is 35.5. The lowest BCUT2D eigenvalue weighted by Gasteiger charge is -2.14. The van der Waals surface area contributed by atoms with Gasteiger partial charge in [0, 0.05) is 46.3 Å². The fraction of sp³-hybridized carbons (Fsp3) is 0.296. The normalized spacial score (nSPS) is 11.1. The number of thiazole rings is 1. The van der Waals surface area contributed by atoms with Crippen molar-refractivity contribution in [3.8, 4) is 16.4 Å². The fourth-order valence-electron chi connectivity index (χ4n) is 3.73. The van der Waals surface area contributed by atoms with Crippen molar-refractivity contribution in [1.29, 1.82) is 0 Å². The van der Waals surface area contributed by atoms with Gasteiger partial charge in [-0.1, -0.05) is 72.7 Å². The van der Waals surface area contributed by atoms with Gasteiger partial charge in [-0.25, -0.2) is 14.0 Å². The number of para-hydroxylation sites is 1. The summed E-state index contributed by atoms with van der Waals surface area (Å²) in [5, 5.41) is 7.24. The van der Waals surface area contributed by atoms with Crippen molar-refractivity contribution in [3.05, 3.63) is 75.0 Å². The van der Waals surface area contributed by atoms with E-state index in [0.29, 0.717) is 15.3 Å². The minimum atomic E-state index is 0.417. The first kappa shape index (κ1) is 30.5. The molecule has 0 unspecified atom stereocenters. The zero-order valence-electron chi connectivity index (χ0n) is 22.2. The van der Waals surface area contributed by atoms with Gasteiger partial charge in [0.05, 0.1) is 25.6 Å². The van der Waals surface area contributed by atoms with Gasteiger partial charge in [0.1, 0.15) is 6.79 Å². The Labute approximate surface area is 247 Å². The van der Waals surface area contributed by atoms with E-state index < -0.39 is 0 Å². The van der Waals surface area contributed by atoms with Crippen LogP contribution in [0.5, 0.6) is 0 Å². The number of nitrogens with zero attached hydrogens (tertiary/aromatic N) is 4. The number of rotatable bonds is 9. The van der Waals surface area contributed by atoms with E-state index in [0.717, 1.165) is 44.1 Å². The fourth-order valence-corrected chi connectivity index (χ4v) is 7.03. The van der Waals surface area contributed by atoms with Gasteiger partial charge in [0.25, 0.3) is 0 Å². The van der Waals surface area contributed by atoms with Crippen LogP contribution in [-0.4, -0.2) is 45.2 Å². The molecule has 2 heterocycles. The maximum Gasteiger partial charge on any atom is 0.212 e. The number of benzene rings is 2. The second kappa shape index (κ2) is 13.9. The predicted molar refractivity (Wildman–Crippen MR) is 166 cm³/mol. The minimum Gasteiger partial charge on any atom is -0.316 e. The molecule has 0 aliphatic rings. The summed E-state index contributed by atoms with van der Waals surface area (Å²) in [6.07, 6.45) is 0.785. The molecule has 0 aliphatic carbocycles. The second-order valence-corrected chi connectivity index (χ2v) is 13.6. The highest BCUT2D eigenvalue weighted by Gasteiger charge is 2.21. The van der Waals surface area contributed by atoms with Crippen molar-refractivity contribution in [2.75, 3.05) is 18.8 Å². The van der Waals surface area contributed by atoms with E-state index >= 15 is 0 Å². The van der Waals surface area contributed by atoms with Crippen LogP contribution in [0.1, 0.15) is 36.4 Å². The number of hydrogen-bond donors (Lipinski definition) is 1. The first-order valence-corrected chi connectivity index (χ1v) is 15.0. The molecular weight excluding hydrogens is 577 g/mol. The molecule has 2 aromatic carbocycles. The standard InChI is InChI=1S/C26H29Cl2N5S3.CH2O/c1-15(2)34-25-24(19-11-12-21(27)22(28)14-19)29-26(35-25)33-17(4)20(16(3)30-33)13-18-9-7-8-10-23(18)31-36-32(5)6;1-2/h7-12,14-15,31H,13H2,1-6H3;1H2. The summed E-state index contributed by atoms with van der Waals surface area (Å²) in [6.45, 7) is 10.6. The van der Waals surface area contributed by atoms with Gasteiger partial charge in [-0.3, -0.25) is 0 Å². The van der Waals surface area contributed by atoms with E-state index in [1.807, 2.05) is 48.1 Å². The van der Waals surface area contributed by atoms with Gasteiger partial charge in [-0.2, -0.15) is 5.10 Å². The van der Waals surface area contributed by atoms with Gasteiger partial charge in [-0.15, -0.1) is 11.8 Å². The molecule has 4 aromatic rings. The van der Waals surface area contributed by atoms with Crippen molar-refractivity contribution < 1.29 is 4.79 Å². The molecule has 202 valence electrons. The molecule has 38 heavy (non-hydrogen) atoms. The topological polar surface area (TPSA) is 63.1 Å². The number of carbonyl (C=O) groups excluding carboxylic acids is 1. The van der Waals surface area contributed by atoms with Crippen LogP contribution in [0.2, 0.25) is 10.0 Å². The van der Waals surface area contributed by atoms with E-state index in [1.54, 1.807) is 35.2 Å². The molecule has 0 saturated heterocycles. The number of halogens is 2. The Kier molecular flexibility index (Phi) is 11.1. The Morgan fingerprint density at radius 3 is 2.47 bits per heavy atom. The molecule has 0 amide bonds. The molecule has 6 nitrogen and oxygen atoms in total. The summed E-state index contributed by atoms with van der Waals surface area (Å²) in [4.78, 5) is 13.0. The number of hydrogen-bond acceptors (Lipinski definition) is 8. The molecule has 0 radical (unpaired) electrons. The maximum absolute atomic E-state index is 8.00. The molecule has 4 rings (SSSR count). The third-order valence-electron chi connectivity index (χ3n) is 5.47. The molecule has 0 bridgehead atoms. The highest BCUT2D eigenvalue weighted by molar-refractivity contribution is 8.01. The van der Waals surface area contributed by atoms with Crippen LogP contribution >= 0.6 is 58.4 Å². The zero-order chi connectivity index (χ0) is 28.0. The molecule has 2 aromatic heterocycles. The molecule has 0 spiro atoms. The van der Waals surface area contributed by atoms with Crippen LogP contribution in [0.3, 0.4) is 0 Å². The highest BCUT2D eigenvalue weighted by Crippen LogP contribution is 2.41. The third kappa shape index (κ3) is 7.34.